The molecule has 0 saturated heterocycles. The number of aliphatic hydroxyl groups excluding tert-OH is 1. The Morgan fingerprint density at radius 3 is 2.92 bits per heavy atom. The summed E-state index contributed by atoms with van der Waals surface area (Å²) in [7, 11) is 1.82. The van der Waals surface area contributed by atoms with Gasteiger partial charge in [0.15, 0.2) is 0 Å². The van der Waals surface area contributed by atoms with Gasteiger partial charge in [0.05, 0.1) is 10.7 Å². The van der Waals surface area contributed by atoms with Crippen LogP contribution in [0.1, 0.15) is 18.1 Å². The molecule has 2 aliphatic rings. The van der Waals surface area contributed by atoms with E-state index in [0.29, 0.717) is 25.1 Å². The van der Waals surface area contributed by atoms with Gasteiger partial charge in [-0.05, 0) is 35.6 Å². The molecule has 2 aromatic rings. The van der Waals surface area contributed by atoms with Crippen LogP contribution in [0.25, 0.3) is 16.8 Å². The molecule has 0 unspecified atom stereocenters. The molecule has 0 spiro atoms. The van der Waals surface area contributed by atoms with E-state index in [1.165, 1.54) is 0 Å². The van der Waals surface area contributed by atoms with E-state index in [-0.39, 0.29) is 16.8 Å². The van der Waals surface area contributed by atoms with Crippen LogP contribution in [-0.4, -0.2) is 45.4 Å². The van der Waals surface area contributed by atoms with Crippen molar-refractivity contribution in [1.29, 1.82) is 0 Å². The number of aliphatic hydroxyl groups is 1. The second kappa shape index (κ2) is 6.21. The number of nitrogens with zero attached hydrogens (tertiary/aromatic N) is 3. The first-order chi connectivity index (χ1) is 12.4. The Hall–Kier alpha value is -2.18. The predicted octanol–water partition coefficient (Wildman–Crippen LogP) is 2.66. The third kappa shape index (κ3) is 2.56. The van der Waals surface area contributed by atoms with Gasteiger partial charge in [-0.25, -0.2) is 4.39 Å². The van der Waals surface area contributed by atoms with Gasteiger partial charge in [0.25, 0.3) is 0 Å². The SMILES string of the molecule is C[C@@H]1CN(C(=O)CO)CC2=C1Cc1c(F)c(Cl)cc(-c3ccn(C)n3)c12. The number of aryl methyl sites for hydroxylation is 1. The van der Waals surface area contributed by atoms with Crippen molar-refractivity contribution in [3.8, 4) is 11.3 Å². The number of benzene rings is 1. The molecule has 0 radical (unpaired) electrons. The second-order valence-electron chi connectivity index (χ2n) is 6.96. The van der Waals surface area contributed by atoms with Crippen LogP contribution in [0.5, 0.6) is 0 Å². The van der Waals surface area contributed by atoms with Crippen LogP contribution in [0.2, 0.25) is 5.02 Å². The van der Waals surface area contributed by atoms with E-state index in [9.17, 15) is 14.3 Å². The van der Waals surface area contributed by atoms with Gasteiger partial charge in [0.2, 0.25) is 5.91 Å². The number of carbonyl (C=O) groups excluding carboxylic acids is 1. The monoisotopic (exact) mass is 375 g/mol. The number of fused-ring (bicyclic) bond motifs is 2. The highest BCUT2D eigenvalue weighted by atomic mass is 35.5. The zero-order valence-corrected chi connectivity index (χ0v) is 15.3. The molecule has 0 fully saturated rings. The summed E-state index contributed by atoms with van der Waals surface area (Å²) < 4.78 is 16.5. The van der Waals surface area contributed by atoms with Gasteiger partial charge in [-0.3, -0.25) is 9.48 Å². The maximum absolute atomic E-state index is 14.8. The van der Waals surface area contributed by atoms with Crippen LogP contribution in [0, 0.1) is 11.7 Å². The number of halogens is 2. The number of hydrogen-bond donors (Lipinski definition) is 1. The lowest BCUT2D eigenvalue weighted by atomic mass is 9.90. The molecular weight excluding hydrogens is 357 g/mol. The van der Waals surface area contributed by atoms with Gasteiger partial charge in [-0.15, -0.1) is 0 Å². The molecule has 136 valence electrons. The maximum atomic E-state index is 14.8. The molecule has 5 nitrogen and oxygen atoms in total. The summed E-state index contributed by atoms with van der Waals surface area (Å²) in [6.45, 7) is 2.40. The van der Waals surface area contributed by atoms with E-state index in [1.807, 2.05) is 26.2 Å². The fraction of sp³-hybridized carbons (Fsp3) is 0.368. The number of amides is 1. The maximum Gasteiger partial charge on any atom is 0.248 e. The van der Waals surface area contributed by atoms with Crippen molar-refractivity contribution in [2.75, 3.05) is 19.7 Å². The van der Waals surface area contributed by atoms with Crippen molar-refractivity contribution in [1.82, 2.24) is 14.7 Å². The van der Waals surface area contributed by atoms with Crippen LogP contribution in [0.3, 0.4) is 0 Å². The molecule has 1 atom stereocenters. The molecule has 2 heterocycles. The topological polar surface area (TPSA) is 58.4 Å². The van der Waals surface area contributed by atoms with Crippen LogP contribution in [-0.2, 0) is 18.3 Å². The first-order valence-electron chi connectivity index (χ1n) is 8.52. The van der Waals surface area contributed by atoms with Crippen molar-refractivity contribution in [2.24, 2.45) is 13.0 Å². The Morgan fingerprint density at radius 1 is 1.50 bits per heavy atom. The highest BCUT2D eigenvalue weighted by Gasteiger charge is 2.36. The number of rotatable bonds is 2. The minimum absolute atomic E-state index is 0.0835. The summed E-state index contributed by atoms with van der Waals surface area (Å²) in [5.74, 6) is -0.620. The zero-order valence-electron chi connectivity index (χ0n) is 14.6. The molecule has 0 saturated carbocycles. The molecule has 0 bridgehead atoms. The average Bonchev–Trinajstić information content (AvgIpc) is 3.22. The summed E-state index contributed by atoms with van der Waals surface area (Å²) in [4.78, 5) is 13.7. The van der Waals surface area contributed by atoms with E-state index in [1.54, 1.807) is 15.6 Å². The molecule has 7 heteroatoms. The zero-order chi connectivity index (χ0) is 18.6. The van der Waals surface area contributed by atoms with Gasteiger partial charge >= 0.3 is 0 Å². The minimum atomic E-state index is -0.524. The van der Waals surface area contributed by atoms with Crippen LogP contribution >= 0.6 is 11.6 Å². The first kappa shape index (κ1) is 17.2. The van der Waals surface area contributed by atoms with Gasteiger partial charge < -0.3 is 10.0 Å². The normalized spacial score (nSPS) is 19.0. The Balaban J connectivity index is 1.90. The Kier molecular flexibility index (Phi) is 4.12. The molecular formula is C19H19ClFN3O2. The standard InChI is InChI=1S/C19H19ClFN3O2/c1-10-7-24(17(26)9-25)8-14-11(10)5-13-18(14)12(6-15(20)19(13)21)16-3-4-23(2)22-16/h3-4,6,10,25H,5,7-9H2,1-2H3/t10-/m1/s1. The molecule has 26 heavy (non-hydrogen) atoms. The Labute approximate surface area is 155 Å². The number of carbonyl (C=O) groups is 1. The molecule has 4 rings (SSSR count). The molecule has 1 aromatic heterocycles. The number of hydrogen-bond acceptors (Lipinski definition) is 3. The number of aromatic nitrogens is 2. The molecule has 1 aliphatic heterocycles. The summed E-state index contributed by atoms with van der Waals surface area (Å²) >= 11 is 6.16. The van der Waals surface area contributed by atoms with E-state index >= 15 is 0 Å². The third-order valence-electron chi connectivity index (χ3n) is 5.29. The Morgan fingerprint density at radius 2 is 2.27 bits per heavy atom. The van der Waals surface area contributed by atoms with Gasteiger partial charge in [-0.2, -0.15) is 5.10 Å². The average molecular weight is 376 g/mol. The van der Waals surface area contributed by atoms with Crippen molar-refractivity contribution in [3.05, 3.63) is 45.9 Å². The molecule has 1 aliphatic carbocycles. The quantitative estimate of drug-likeness (QED) is 0.878. The lowest BCUT2D eigenvalue weighted by Gasteiger charge is -2.33. The first-order valence-corrected chi connectivity index (χ1v) is 8.90. The van der Waals surface area contributed by atoms with Gasteiger partial charge in [-0.1, -0.05) is 24.1 Å². The predicted molar refractivity (Wildman–Crippen MR) is 97.1 cm³/mol. The lowest BCUT2D eigenvalue weighted by molar-refractivity contribution is -0.134. The summed E-state index contributed by atoms with van der Waals surface area (Å²) in [5, 5.41) is 13.8. The largest absolute Gasteiger partial charge is 0.387 e. The minimum Gasteiger partial charge on any atom is -0.387 e. The van der Waals surface area contributed by atoms with E-state index in [4.69, 9.17) is 11.6 Å². The molecule has 1 amide bonds. The molecule has 1 aromatic carbocycles. The van der Waals surface area contributed by atoms with Crippen LogP contribution < -0.4 is 0 Å². The Bertz CT molecular complexity index is 951. The lowest BCUT2D eigenvalue weighted by Crippen LogP contribution is -2.41. The third-order valence-corrected chi connectivity index (χ3v) is 5.56. The second-order valence-corrected chi connectivity index (χ2v) is 7.37. The van der Waals surface area contributed by atoms with Crippen molar-refractivity contribution >= 4 is 23.1 Å². The highest BCUT2D eigenvalue weighted by Crippen LogP contribution is 2.46. The van der Waals surface area contributed by atoms with E-state index in [2.05, 4.69) is 5.10 Å². The van der Waals surface area contributed by atoms with Crippen LogP contribution in [0.15, 0.2) is 23.9 Å². The van der Waals surface area contributed by atoms with Crippen LogP contribution in [0.4, 0.5) is 4.39 Å². The molecule has 1 N–H and O–H groups in total. The summed E-state index contributed by atoms with van der Waals surface area (Å²) in [6.07, 6.45) is 2.33. The highest BCUT2D eigenvalue weighted by molar-refractivity contribution is 6.31. The fourth-order valence-corrected chi connectivity index (χ4v) is 4.27. The van der Waals surface area contributed by atoms with Gasteiger partial charge in [0, 0.05) is 37.5 Å². The summed E-state index contributed by atoms with van der Waals surface area (Å²) in [5.41, 5.74) is 4.97. The van der Waals surface area contributed by atoms with Gasteiger partial charge in [0.1, 0.15) is 12.4 Å². The van der Waals surface area contributed by atoms with Crippen molar-refractivity contribution in [3.63, 3.8) is 0 Å². The van der Waals surface area contributed by atoms with Crippen molar-refractivity contribution < 1.29 is 14.3 Å². The van der Waals surface area contributed by atoms with Crippen molar-refractivity contribution in [2.45, 2.75) is 13.3 Å². The fourth-order valence-electron chi connectivity index (χ4n) is 4.05. The summed E-state index contributed by atoms with van der Waals surface area (Å²) in [6, 6.07) is 3.48. The van der Waals surface area contributed by atoms with E-state index < -0.39 is 12.4 Å². The smallest absolute Gasteiger partial charge is 0.248 e. The van der Waals surface area contributed by atoms with E-state index in [0.717, 1.165) is 28.0 Å².